The number of ether oxygens (including phenoxy) is 1. The summed E-state index contributed by atoms with van der Waals surface area (Å²) in [7, 11) is 0. The van der Waals surface area contributed by atoms with E-state index in [1.165, 1.54) is 0 Å². The van der Waals surface area contributed by atoms with Gasteiger partial charge >= 0.3 is 0 Å². The number of fused-ring (bicyclic) bond motifs is 1. The molecule has 5 atom stereocenters. The number of nitrogens with zero attached hydrogens (tertiary/aromatic N) is 7. The van der Waals surface area contributed by atoms with Crippen molar-refractivity contribution < 1.29 is 34.8 Å². The number of amides is 2. The molecule has 0 bridgehead atoms. The number of aromatic hydroxyl groups is 2. The maximum atomic E-state index is 12.7. The van der Waals surface area contributed by atoms with Crippen LogP contribution in [0.4, 0.5) is 17.6 Å². The molecule has 0 spiro atoms. The Balaban J connectivity index is 1.15. The van der Waals surface area contributed by atoms with Crippen molar-refractivity contribution in [3.8, 4) is 11.5 Å². The minimum atomic E-state index is -1.21. The molecule has 58 heavy (non-hydrogen) atoms. The molecule has 8 N–H and O–H groups in total. The van der Waals surface area contributed by atoms with Gasteiger partial charge in [0.25, 0.3) is 5.91 Å². The largest absolute Gasteiger partial charge is 0.508 e. The first-order chi connectivity index (χ1) is 28.1. The standard InChI is InChI=1S/C41H48N10O7/c1-2-33(54)45-30-19-31(37(56)36(30)55)51-22-44-35-39(43-20-29(23-3-7-26(52)8-4-23)24-5-9-27(53)10-6-24)47-41(48-40(35)51)50-14-13-25(21-50)34-28(38(42)57)11-12-32(46-34)49-15-17-58-18-16-49/h3-12,22,25,29-31,36-37,52-53,55-56H,2,13-21H2,1H3,(H2,42,57)(H,45,54)(H,43,47,48)/t25-,30+,31-,36-,37+/m1/s1. The third-order valence-electron chi connectivity index (χ3n) is 11.5. The number of phenolic OH excluding ortho intramolecular Hbond substituents is 2. The summed E-state index contributed by atoms with van der Waals surface area (Å²) in [5, 5.41) is 48.7. The number of aliphatic hydroxyl groups excluding tert-OH is 2. The molecule has 3 aromatic heterocycles. The molecule has 304 valence electrons. The van der Waals surface area contributed by atoms with Crippen molar-refractivity contribution in [3.05, 3.63) is 89.4 Å². The van der Waals surface area contributed by atoms with Gasteiger partial charge in [-0.2, -0.15) is 9.97 Å². The summed E-state index contributed by atoms with van der Waals surface area (Å²) in [5.74, 6) is 0.680. The molecule has 3 aliphatic rings. The molecule has 2 saturated heterocycles. The van der Waals surface area contributed by atoms with Crippen molar-refractivity contribution in [2.75, 3.05) is 61.1 Å². The quantitative estimate of drug-likeness (QED) is 0.0961. The Bertz CT molecular complexity index is 2220. The zero-order chi connectivity index (χ0) is 40.5. The Hall–Kier alpha value is -6.04. The summed E-state index contributed by atoms with van der Waals surface area (Å²) in [5.41, 5.74) is 9.55. The summed E-state index contributed by atoms with van der Waals surface area (Å²) in [6.45, 7) is 5.62. The number of anilines is 3. The molecule has 1 saturated carbocycles. The highest BCUT2D eigenvalue weighted by molar-refractivity contribution is 5.94. The second kappa shape index (κ2) is 16.4. The molecule has 2 aromatic carbocycles. The van der Waals surface area contributed by atoms with Crippen molar-refractivity contribution in [2.24, 2.45) is 5.73 Å². The van der Waals surface area contributed by atoms with Gasteiger partial charge in [-0.15, -0.1) is 0 Å². The minimum Gasteiger partial charge on any atom is -0.508 e. The first kappa shape index (κ1) is 38.8. The molecule has 8 rings (SSSR count). The highest BCUT2D eigenvalue weighted by Crippen LogP contribution is 2.37. The fourth-order valence-corrected chi connectivity index (χ4v) is 8.31. The first-order valence-corrected chi connectivity index (χ1v) is 19.7. The topological polar surface area (TPSA) is 237 Å². The summed E-state index contributed by atoms with van der Waals surface area (Å²) in [4.78, 5) is 48.9. The van der Waals surface area contributed by atoms with E-state index in [1.807, 2.05) is 35.2 Å². The van der Waals surface area contributed by atoms with Gasteiger partial charge < -0.3 is 55.9 Å². The number of rotatable bonds is 12. The molecule has 5 heterocycles. The van der Waals surface area contributed by atoms with Gasteiger partial charge in [-0.25, -0.2) is 9.97 Å². The second-order valence-corrected chi connectivity index (χ2v) is 15.1. The molecule has 3 fully saturated rings. The number of primary amides is 1. The molecule has 2 amide bonds. The number of morpholine rings is 1. The SMILES string of the molecule is CCC(=O)N[C@H]1C[C@@H](n2cnc3c(NCC(c4ccc(O)cc4)c4ccc(O)cc4)nc(N4CC[C@@H](c5nc(N6CCOCC6)ccc5C(N)=O)C4)nc32)[C@H](O)[C@@H]1O. The van der Waals surface area contributed by atoms with Crippen LogP contribution < -0.4 is 26.2 Å². The van der Waals surface area contributed by atoms with Gasteiger partial charge in [0.1, 0.15) is 29.5 Å². The van der Waals surface area contributed by atoms with Crippen LogP contribution in [0.3, 0.4) is 0 Å². The van der Waals surface area contributed by atoms with Gasteiger partial charge in [0, 0.05) is 51.0 Å². The van der Waals surface area contributed by atoms with Crippen LogP contribution in [0.1, 0.15) is 71.2 Å². The van der Waals surface area contributed by atoms with Crippen LogP contribution >= 0.6 is 0 Å². The van der Waals surface area contributed by atoms with Crippen LogP contribution in [0.5, 0.6) is 11.5 Å². The van der Waals surface area contributed by atoms with Crippen molar-refractivity contribution in [2.45, 2.75) is 62.3 Å². The van der Waals surface area contributed by atoms with E-state index in [-0.39, 0.29) is 42.1 Å². The van der Waals surface area contributed by atoms with Gasteiger partial charge in [-0.05, 0) is 60.4 Å². The number of pyridine rings is 1. The highest BCUT2D eigenvalue weighted by Gasteiger charge is 2.44. The predicted octanol–water partition coefficient (Wildman–Crippen LogP) is 2.37. The number of nitrogens with two attached hydrogens (primary N) is 1. The predicted molar refractivity (Wildman–Crippen MR) is 215 cm³/mol. The van der Waals surface area contributed by atoms with Crippen molar-refractivity contribution in [1.82, 2.24) is 29.8 Å². The average molecular weight is 793 g/mol. The number of carbonyl (C=O) groups excluding carboxylic acids is 2. The molecular formula is C41H48N10O7. The van der Waals surface area contributed by atoms with Crippen molar-refractivity contribution in [1.29, 1.82) is 0 Å². The van der Waals surface area contributed by atoms with Crippen LogP contribution in [-0.4, -0.2) is 121 Å². The molecule has 17 nitrogen and oxygen atoms in total. The van der Waals surface area contributed by atoms with Gasteiger partial charge in [0.2, 0.25) is 11.9 Å². The zero-order valence-corrected chi connectivity index (χ0v) is 32.1. The molecule has 17 heteroatoms. The maximum absolute atomic E-state index is 12.7. The Morgan fingerprint density at radius 3 is 2.24 bits per heavy atom. The Morgan fingerprint density at radius 1 is 0.897 bits per heavy atom. The fourth-order valence-electron chi connectivity index (χ4n) is 8.31. The number of imidazole rings is 1. The van der Waals surface area contributed by atoms with E-state index < -0.39 is 30.2 Å². The lowest BCUT2D eigenvalue weighted by Crippen LogP contribution is -2.42. The zero-order valence-electron chi connectivity index (χ0n) is 32.1. The number of hydrogen-bond acceptors (Lipinski definition) is 14. The van der Waals surface area contributed by atoms with Crippen molar-refractivity contribution >= 4 is 40.6 Å². The number of nitrogens with one attached hydrogen (secondary N) is 2. The van der Waals surface area contributed by atoms with Crippen LogP contribution in [0.2, 0.25) is 0 Å². The fraction of sp³-hybridized carbons (Fsp3) is 0.415. The first-order valence-electron chi connectivity index (χ1n) is 19.7. The monoisotopic (exact) mass is 792 g/mol. The summed E-state index contributed by atoms with van der Waals surface area (Å²) >= 11 is 0. The van der Waals surface area contributed by atoms with Crippen LogP contribution in [0, 0.1) is 0 Å². The van der Waals surface area contributed by atoms with Crippen LogP contribution in [0.15, 0.2) is 67.0 Å². The van der Waals surface area contributed by atoms with E-state index in [1.54, 1.807) is 48.1 Å². The summed E-state index contributed by atoms with van der Waals surface area (Å²) in [6.07, 6.45) is 0.300. The van der Waals surface area contributed by atoms with E-state index in [4.69, 9.17) is 30.4 Å². The van der Waals surface area contributed by atoms with Crippen LogP contribution in [0.25, 0.3) is 11.2 Å². The van der Waals surface area contributed by atoms with E-state index in [0.717, 1.165) is 16.9 Å². The van der Waals surface area contributed by atoms with Gasteiger partial charge in [-0.1, -0.05) is 31.2 Å². The number of carbonyl (C=O) groups is 2. The average Bonchev–Trinajstić information content (AvgIpc) is 3.97. The number of benzene rings is 2. The smallest absolute Gasteiger partial charge is 0.250 e. The van der Waals surface area contributed by atoms with Gasteiger partial charge in [0.05, 0.1) is 42.9 Å². The molecule has 2 aliphatic heterocycles. The number of phenols is 2. The molecular weight excluding hydrogens is 745 g/mol. The van der Waals surface area contributed by atoms with E-state index in [2.05, 4.69) is 15.5 Å². The minimum absolute atomic E-state index is 0.138. The van der Waals surface area contributed by atoms with Gasteiger partial charge in [0.15, 0.2) is 17.0 Å². The lowest BCUT2D eigenvalue weighted by atomic mass is 9.91. The van der Waals surface area contributed by atoms with E-state index in [0.29, 0.717) is 86.5 Å². The number of aliphatic hydroxyl groups is 2. The van der Waals surface area contributed by atoms with Crippen molar-refractivity contribution in [3.63, 3.8) is 0 Å². The lowest BCUT2D eigenvalue weighted by Gasteiger charge is -2.29. The third kappa shape index (κ3) is 7.79. The Morgan fingerprint density at radius 2 is 1.59 bits per heavy atom. The Kier molecular flexibility index (Phi) is 11.0. The molecule has 0 unspecified atom stereocenters. The van der Waals surface area contributed by atoms with E-state index >= 15 is 0 Å². The Labute approximate surface area is 334 Å². The number of aromatic nitrogens is 5. The normalized spacial score (nSPS) is 22.2. The number of hydrogen-bond donors (Lipinski definition) is 7. The summed E-state index contributed by atoms with van der Waals surface area (Å²) < 4.78 is 7.27. The van der Waals surface area contributed by atoms with Crippen LogP contribution in [-0.2, 0) is 9.53 Å². The molecule has 0 radical (unpaired) electrons. The van der Waals surface area contributed by atoms with E-state index in [9.17, 15) is 30.0 Å². The molecule has 1 aliphatic carbocycles. The summed E-state index contributed by atoms with van der Waals surface area (Å²) in [6, 6.07) is 16.1. The second-order valence-electron chi connectivity index (χ2n) is 15.1. The highest BCUT2D eigenvalue weighted by atomic mass is 16.5. The molecule has 5 aromatic rings. The maximum Gasteiger partial charge on any atom is 0.250 e. The third-order valence-corrected chi connectivity index (χ3v) is 11.5. The van der Waals surface area contributed by atoms with Gasteiger partial charge in [-0.3, -0.25) is 9.59 Å². The lowest BCUT2D eigenvalue weighted by molar-refractivity contribution is -0.122.